The van der Waals surface area contributed by atoms with Gasteiger partial charge in [-0.3, -0.25) is 19.2 Å². The van der Waals surface area contributed by atoms with E-state index in [-0.39, 0.29) is 28.5 Å². The number of nitrogens with zero attached hydrogens (tertiary/aromatic N) is 1. The molecule has 3 amide bonds. The second kappa shape index (κ2) is 6.60. The highest BCUT2D eigenvalue weighted by Gasteiger charge is 2.51. The molecule has 1 heterocycles. The monoisotopic (exact) mass is 344 g/mol. The Bertz CT molecular complexity index is 827. The van der Waals surface area contributed by atoms with Crippen LogP contribution in [0, 0.1) is 11.3 Å². The van der Waals surface area contributed by atoms with E-state index in [1.54, 1.807) is 0 Å². The van der Waals surface area contributed by atoms with Gasteiger partial charge < -0.3 is 20.7 Å². The zero-order valence-corrected chi connectivity index (χ0v) is 13.9. The molecule has 0 aromatic heterocycles. The number of benzene rings is 1. The van der Waals surface area contributed by atoms with Gasteiger partial charge in [-0.25, -0.2) is 0 Å². The molecule has 1 aliphatic heterocycles. The summed E-state index contributed by atoms with van der Waals surface area (Å²) >= 11 is 0. The third-order valence-corrected chi connectivity index (χ3v) is 3.46. The molecule has 0 saturated heterocycles. The van der Waals surface area contributed by atoms with Crippen LogP contribution in [0.3, 0.4) is 0 Å². The Morgan fingerprint density at radius 1 is 1.20 bits per heavy atom. The molecule has 1 aromatic carbocycles. The molecule has 1 atom stereocenters. The van der Waals surface area contributed by atoms with Crippen LogP contribution in [0.5, 0.6) is 0 Å². The summed E-state index contributed by atoms with van der Waals surface area (Å²) in [5.74, 6) is -2.22. The molecule has 0 aliphatic carbocycles. The Hall–Kier alpha value is -3.41. The standard InChI is InChI=1S/C16H16N4O5/c1-8(21)18-11-6-12-14(13(7-11)19-9(2)22)20-15(24)16(12,4-5-17)25-10(3)23/h6-7H,4H2,1-3H3,(H,18,21)(H,19,22)(H,20,24). The summed E-state index contributed by atoms with van der Waals surface area (Å²) in [6.45, 7) is 3.70. The van der Waals surface area contributed by atoms with Crippen molar-refractivity contribution >= 4 is 40.8 Å². The van der Waals surface area contributed by atoms with Gasteiger partial charge in [0.05, 0.1) is 23.9 Å². The number of anilines is 3. The van der Waals surface area contributed by atoms with Gasteiger partial charge >= 0.3 is 5.97 Å². The van der Waals surface area contributed by atoms with E-state index in [1.165, 1.54) is 26.0 Å². The minimum atomic E-state index is -1.85. The molecular weight excluding hydrogens is 328 g/mol. The molecular formula is C16H16N4O5. The second-order valence-electron chi connectivity index (χ2n) is 5.52. The average molecular weight is 344 g/mol. The van der Waals surface area contributed by atoms with E-state index in [4.69, 9.17) is 10.00 Å². The Kier molecular flexibility index (Phi) is 4.74. The Labute approximate surface area is 143 Å². The van der Waals surface area contributed by atoms with Crippen LogP contribution >= 0.6 is 0 Å². The van der Waals surface area contributed by atoms with Crippen LogP contribution in [0.2, 0.25) is 0 Å². The normalized spacial score (nSPS) is 17.8. The first kappa shape index (κ1) is 17.9. The number of ether oxygens (including phenoxy) is 1. The maximum atomic E-state index is 12.5. The van der Waals surface area contributed by atoms with Crippen LogP contribution in [0.1, 0.15) is 32.8 Å². The van der Waals surface area contributed by atoms with Crippen molar-refractivity contribution in [2.45, 2.75) is 32.8 Å². The van der Waals surface area contributed by atoms with Gasteiger partial charge in [-0.1, -0.05) is 0 Å². The highest BCUT2D eigenvalue weighted by atomic mass is 16.6. The largest absolute Gasteiger partial charge is 0.443 e. The predicted molar refractivity (Wildman–Crippen MR) is 87.4 cm³/mol. The van der Waals surface area contributed by atoms with E-state index in [1.807, 2.05) is 6.07 Å². The van der Waals surface area contributed by atoms with Crippen molar-refractivity contribution in [3.8, 4) is 6.07 Å². The molecule has 2 rings (SSSR count). The first-order chi connectivity index (χ1) is 11.7. The summed E-state index contributed by atoms with van der Waals surface area (Å²) in [5.41, 5.74) is -0.956. The van der Waals surface area contributed by atoms with E-state index < -0.39 is 29.8 Å². The number of hydrogen-bond acceptors (Lipinski definition) is 6. The lowest BCUT2D eigenvalue weighted by atomic mass is 9.91. The van der Waals surface area contributed by atoms with Crippen LogP contribution in [-0.2, 0) is 29.5 Å². The third-order valence-electron chi connectivity index (χ3n) is 3.46. The van der Waals surface area contributed by atoms with Crippen LogP contribution in [-0.4, -0.2) is 23.7 Å². The summed E-state index contributed by atoms with van der Waals surface area (Å²) in [4.78, 5) is 46.8. The van der Waals surface area contributed by atoms with Crippen LogP contribution < -0.4 is 16.0 Å². The predicted octanol–water partition coefficient (Wildman–Crippen LogP) is 1.23. The van der Waals surface area contributed by atoms with Gasteiger partial charge in [0.2, 0.25) is 17.4 Å². The first-order valence-corrected chi connectivity index (χ1v) is 7.31. The van der Waals surface area contributed by atoms with Crippen molar-refractivity contribution in [3.05, 3.63) is 17.7 Å². The maximum absolute atomic E-state index is 12.5. The van der Waals surface area contributed by atoms with Gasteiger partial charge in [0.25, 0.3) is 5.91 Å². The van der Waals surface area contributed by atoms with Gasteiger partial charge in [-0.2, -0.15) is 5.26 Å². The number of carbonyl (C=O) groups is 4. The number of rotatable bonds is 4. The van der Waals surface area contributed by atoms with E-state index >= 15 is 0 Å². The molecule has 25 heavy (non-hydrogen) atoms. The minimum Gasteiger partial charge on any atom is -0.443 e. The van der Waals surface area contributed by atoms with Crippen molar-refractivity contribution in [2.75, 3.05) is 16.0 Å². The van der Waals surface area contributed by atoms with Gasteiger partial charge in [-0.05, 0) is 12.1 Å². The lowest BCUT2D eigenvalue weighted by Gasteiger charge is -2.24. The number of amides is 3. The topological polar surface area (TPSA) is 137 Å². The molecule has 1 aromatic rings. The second-order valence-corrected chi connectivity index (χ2v) is 5.52. The lowest BCUT2D eigenvalue weighted by molar-refractivity contribution is -0.164. The van der Waals surface area contributed by atoms with Crippen LogP contribution in [0.15, 0.2) is 12.1 Å². The van der Waals surface area contributed by atoms with E-state index in [0.717, 1.165) is 6.92 Å². The molecule has 0 radical (unpaired) electrons. The van der Waals surface area contributed by atoms with Gasteiger partial charge in [0, 0.05) is 32.0 Å². The van der Waals surface area contributed by atoms with Crippen molar-refractivity contribution in [3.63, 3.8) is 0 Å². The molecule has 0 spiro atoms. The fourth-order valence-electron chi connectivity index (χ4n) is 2.67. The quantitative estimate of drug-likeness (QED) is 0.702. The molecule has 9 nitrogen and oxygen atoms in total. The molecule has 3 N–H and O–H groups in total. The van der Waals surface area contributed by atoms with E-state index in [9.17, 15) is 19.2 Å². The first-order valence-electron chi connectivity index (χ1n) is 7.31. The highest BCUT2D eigenvalue weighted by Crippen LogP contribution is 2.46. The summed E-state index contributed by atoms with van der Waals surface area (Å²) in [7, 11) is 0. The van der Waals surface area contributed by atoms with Crippen molar-refractivity contribution < 1.29 is 23.9 Å². The number of fused-ring (bicyclic) bond motifs is 1. The van der Waals surface area contributed by atoms with Gasteiger partial charge in [0.15, 0.2) is 0 Å². The molecule has 0 fully saturated rings. The Morgan fingerprint density at radius 2 is 1.84 bits per heavy atom. The van der Waals surface area contributed by atoms with Gasteiger partial charge in [0.1, 0.15) is 0 Å². The fraction of sp³-hybridized carbons (Fsp3) is 0.312. The van der Waals surface area contributed by atoms with Gasteiger partial charge in [-0.15, -0.1) is 0 Å². The summed E-state index contributed by atoms with van der Waals surface area (Å²) in [6, 6.07) is 4.72. The zero-order valence-electron chi connectivity index (χ0n) is 13.9. The SMILES string of the molecule is CC(=O)Nc1cc(NC(C)=O)c2c(c1)C(CC#N)(OC(C)=O)C(=O)N2. The fourth-order valence-corrected chi connectivity index (χ4v) is 2.67. The Balaban J connectivity index is 2.71. The summed E-state index contributed by atoms with van der Waals surface area (Å²) in [6.07, 6.45) is -0.422. The smallest absolute Gasteiger partial charge is 0.304 e. The van der Waals surface area contributed by atoms with Crippen LogP contribution in [0.25, 0.3) is 0 Å². The number of nitriles is 1. The van der Waals surface area contributed by atoms with Crippen molar-refractivity contribution in [2.24, 2.45) is 0 Å². The third kappa shape index (κ3) is 3.42. The molecule has 1 unspecified atom stereocenters. The number of nitrogens with one attached hydrogen (secondary N) is 3. The maximum Gasteiger partial charge on any atom is 0.304 e. The Morgan fingerprint density at radius 3 is 2.36 bits per heavy atom. The highest BCUT2D eigenvalue weighted by molar-refractivity contribution is 6.11. The average Bonchev–Trinajstić information content (AvgIpc) is 2.71. The molecule has 9 heteroatoms. The van der Waals surface area contributed by atoms with Crippen LogP contribution in [0.4, 0.5) is 17.1 Å². The lowest BCUT2D eigenvalue weighted by Crippen LogP contribution is -2.38. The zero-order chi connectivity index (χ0) is 18.8. The minimum absolute atomic E-state index is 0.184. The van der Waals surface area contributed by atoms with E-state index in [0.29, 0.717) is 0 Å². The molecule has 130 valence electrons. The van der Waals surface area contributed by atoms with Crippen molar-refractivity contribution in [1.29, 1.82) is 5.26 Å². The molecule has 1 aliphatic rings. The summed E-state index contributed by atoms with van der Waals surface area (Å²) < 4.78 is 5.20. The molecule has 0 saturated carbocycles. The molecule has 0 bridgehead atoms. The number of hydrogen-bond donors (Lipinski definition) is 3. The number of carbonyl (C=O) groups excluding carboxylic acids is 4. The van der Waals surface area contributed by atoms with E-state index in [2.05, 4.69) is 16.0 Å². The summed E-state index contributed by atoms with van der Waals surface area (Å²) in [5, 5.41) is 16.7. The van der Waals surface area contributed by atoms with Crippen molar-refractivity contribution in [1.82, 2.24) is 0 Å². The number of esters is 1.